The molecule has 190 valence electrons. The van der Waals surface area contributed by atoms with Crippen LogP contribution in [0, 0.1) is 17.2 Å². The highest BCUT2D eigenvalue weighted by Crippen LogP contribution is 2.44. The van der Waals surface area contributed by atoms with Crippen LogP contribution < -0.4 is 9.47 Å². The predicted octanol–water partition coefficient (Wildman–Crippen LogP) is 5.82. The Morgan fingerprint density at radius 3 is 2.58 bits per heavy atom. The van der Waals surface area contributed by atoms with Gasteiger partial charge in [0.15, 0.2) is 0 Å². The average Bonchev–Trinajstić information content (AvgIpc) is 3.66. The molecule has 0 saturated heterocycles. The van der Waals surface area contributed by atoms with Crippen molar-refractivity contribution in [3.63, 3.8) is 0 Å². The van der Waals surface area contributed by atoms with Crippen molar-refractivity contribution in [2.75, 3.05) is 7.11 Å². The quantitative estimate of drug-likeness (QED) is 0.380. The number of hydrogen-bond donors (Lipinski definition) is 1. The number of carboxylic acids is 1. The van der Waals surface area contributed by atoms with Gasteiger partial charge in [-0.05, 0) is 60.9 Å². The van der Waals surface area contributed by atoms with E-state index in [2.05, 4.69) is 30.7 Å². The SMILES string of the molecule is COc1ccc(F)c(-c2ccc(OCc3cc(C(CC(=O)O)C4CC4)ncn3)nc2CC(C)(C)C)c1. The van der Waals surface area contributed by atoms with E-state index in [0.717, 1.165) is 24.2 Å². The third-order valence-electron chi connectivity index (χ3n) is 6.19. The largest absolute Gasteiger partial charge is 0.497 e. The second kappa shape index (κ2) is 10.6. The maximum Gasteiger partial charge on any atom is 0.304 e. The molecule has 36 heavy (non-hydrogen) atoms. The van der Waals surface area contributed by atoms with Gasteiger partial charge in [0.25, 0.3) is 0 Å². The van der Waals surface area contributed by atoms with E-state index >= 15 is 0 Å². The molecule has 3 aromatic rings. The summed E-state index contributed by atoms with van der Waals surface area (Å²) in [7, 11) is 1.55. The number of rotatable bonds is 10. The molecule has 1 aromatic carbocycles. The molecular weight excluding hydrogens is 461 g/mol. The van der Waals surface area contributed by atoms with Crippen molar-refractivity contribution in [1.29, 1.82) is 0 Å². The first-order chi connectivity index (χ1) is 17.1. The van der Waals surface area contributed by atoms with E-state index in [4.69, 9.17) is 14.5 Å². The van der Waals surface area contributed by atoms with Gasteiger partial charge in [-0.15, -0.1) is 0 Å². The number of halogens is 1. The molecule has 1 aliphatic rings. The van der Waals surface area contributed by atoms with Gasteiger partial charge in [0, 0.05) is 28.8 Å². The van der Waals surface area contributed by atoms with Crippen LogP contribution in [0.4, 0.5) is 4.39 Å². The minimum absolute atomic E-state index is 0.0575. The highest BCUT2D eigenvalue weighted by atomic mass is 19.1. The van der Waals surface area contributed by atoms with Gasteiger partial charge < -0.3 is 14.6 Å². The van der Waals surface area contributed by atoms with Crippen LogP contribution in [0.5, 0.6) is 11.6 Å². The molecule has 2 heterocycles. The summed E-state index contributed by atoms with van der Waals surface area (Å²) in [5, 5.41) is 9.29. The number of carboxylic acid groups (broad SMARTS) is 1. The minimum atomic E-state index is -0.827. The van der Waals surface area contributed by atoms with Crippen molar-refractivity contribution in [2.45, 2.75) is 59.0 Å². The standard InChI is InChI=1S/C28H32FN3O4/c1-28(2,3)14-25-20(22-12-19(35-4)7-9-23(22)29)8-10-26(32-25)36-15-18-11-24(31-16-30-18)21(13-27(33)34)17-5-6-17/h7-12,16-17,21H,5-6,13-15H2,1-4H3,(H,33,34). The lowest BCUT2D eigenvalue weighted by molar-refractivity contribution is -0.137. The Kier molecular flexibility index (Phi) is 7.52. The molecule has 7 nitrogen and oxygen atoms in total. The van der Waals surface area contributed by atoms with E-state index in [9.17, 15) is 14.3 Å². The van der Waals surface area contributed by atoms with Gasteiger partial charge in [-0.2, -0.15) is 0 Å². The van der Waals surface area contributed by atoms with E-state index in [1.54, 1.807) is 25.3 Å². The lowest BCUT2D eigenvalue weighted by atomic mass is 9.87. The molecule has 4 rings (SSSR count). The molecule has 0 amide bonds. The molecule has 0 spiro atoms. The Balaban J connectivity index is 1.57. The van der Waals surface area contributed by atoms with Crippen LogP contribution in [-0.4, -0.2) is 33.1 Å². The van der Waals surface area contributed by atoms with Crippen LogP contribution in [0.3, 0.4) is 0 Å². The van der Waals surface area contributed by atoms with Crippen molar-refractivity contribution in [3.8, 4) is 22.8 Å². The summed E-state index contributed by atoms with van der Waals surface area (Å²) in [6, 6.07) is 10.0. The number of benzene rings is 1. The molecule has 1 atom stereocenters. The average molecular weight is 494 g/mol. The summed E-state index contributed by atoms with van der Waals surface area (Å²) in [5.74, 6) is 0.0490. The Morgan fingerprint density at radius 1 is 1.14 bits per heavy atom. The fraction of sp³-hybridized carbons (Fsp3) is 0.429. The lowest BCUT2D eigenvalue weighted by Gasteiger charge is -2.21. The van der Waals surface area contributed by atoms with Gasteiger partial charge in [-0.25, -0.2) is 19.3 Å². The third kappa shape index (κ3) is 6.56. The van der Waals surface area contributed by atoms with E-state index in [1.165, 1.54) is 12.4 Å². The molecule has 0 radical (unpaired) electrons. The topological polar surface area (TPSA) is 94.4 Å². The summed E-state index contributed by atoms with van der Waals surface area (Å²) in [5.41, 5.74) is 3.15. The number of aromatic nitrogens is 3. The lowest BCUT2D eigenvalue weighted by Crippen LogP contribution is -2.13. The van der Waals surface area contributed by atoms with Gasteiger partial charge in [0.2, 0.25) is 5.88 Å². The fourth-order valence-corrected chi connectivity index (χ4v) is 4.33. The summed E-state index contributed by atoms with van der Waals surface area (Å²) in [6.07, 6.45) is 4.18. The Labute approximate surface area is 210 Å². The number of carbonyl (C=O) groups is 1. The van der Waals surface area contributed by atoms with E-state index in [1.807, 2.05) is 12.1 Å². The number of aliphatic carboxylic acids is 1. The van der Waals surface area contributed by atoms with Crippen LogP contribution in [0.25, 0.3) is 11.1 Å². The van der Waals surface area contributed by atoms with Gasteiger partial charge >= 0.3 is 5.97 Å². The van der Waals surface area contributed by atoms with Gasteiger partial charge in [0.05, 0.1) is 24.9 Å². The molecule has 8 heteroatoms. The number of pyridine rings is 1. The molecule has 1 saturated carbocycles. The number of nitrogens with zero attached hydrogens (tertiary/aromatic N) is 3. The second-order valence-corrected chi connectivity index (χ2v) is 10.5. The number of methoxy groups -OCH3 is 1. The van der Waals surface area contributed by atoms with Crippen LogP contribution in [0.15, 0.2) is 42.7 Å². The van der Waals surface area contributed by atoms with Crippen molar-refractivity contribution in [3.05, 3.63) is 65.6 Å². The van der Waals surface area contributed by atoms with Crippen molar-refractivity contribution in [1.82, 2.24) is 15.0 Å². The highest BCUT2D eigenvalue weighted by molar-refractivity contribution is 5.69. The Morgan fingerprint density at radius 2 is 1.92 bits per heavy atom. The number of hydrogen-bond acceptors (Lipinski definition) is 6. The van der Waals surface area contributed by atoms with Gasteiger partial charge in [-0.1, -0.05) is 20.8 Å². The zero-order valence-corrected chi connectivity index (χ0v) is 21.1. The summed E-state index contributed by atoms with van der Waals surface area (Å²) in [6.45, 7) is 6.46. The third-order valence-corrected chi connectivity index (χ3v) is 6.19. The molecule has 0 bridgehead atoms. The normalized spacial score (nSPS) is 14.4. The maximum absolute atomic E-state index is 14.8. The van der Waals surface area contributed by atoms with Crippen molar-refractivity contribution in [2.24, 2.45) is 11.3 Å². The summed E-state index contributed by atoms with van der Waals surface area (Å²) in [4.78, 5) is 24.7. The smallest absolute Gasteiger partial charge is 0.304 e. The molecular formula is C28H32FN3O4. The van der Waals surface area contributed by atoms with E-state index in [0.29, 0.717) is 40.8 Å². The van der Waals surface area contributed by atoms with Crippen molar-refractivity contribution >= 4 is 5.97 Å². The number of ether oxygens (including phenoxy) is 2. The van der Waals surface area contributed by atoms with Crippen LogP contribution in [-0.2, 0) is 17.8 Å². The highest BCUT2D eigenvalue weighted by Gasteiger charge is 2.34. The first kappa shape index (κ1) is 25.5. The first-order valence-electron chi connectivity index (χ1n) is 12.1. The molecule has 1 fully saturated rings. The summed E-state index contributed by atoms with van der Waals surface area (Å²) < 4.78 is 26.0. The molecule has 0 aliphatic heterocycles. The second-order valence-electron chi connectivity index (χ2n) is 10.5. The molecule has 2 aromatic heterocycles. The zero-order valence-electron chi connectivity index (χ0n) is 21.1. The Bertz CT molecular complexity index is 1240. The fourth-order valence-electron chi connectivity index (χ4n) is 4.33. The molecule has 1 aliphatic carbocycles. The van der Waals surface area contributed by atoms with Crippen molar-refractivity contribution < 1.29 is 23.8 Å². The molecule has 1 N–H and O–H groups in total. The monoisotopic (exact) mass is 493 g/mol. The van der Waals surface area contributed by atoms with Gasteiger partial charge in [0.1, 0.15) is 24.5 Å². The predicted molar refractivity (Wildman–Crippen MR) is 133 cm³/mol. The van der Waals surface area contributed by atoms with E-state index < -0.39 is 5.97 Å². The minimum Gasteiger partial charge on any atom is -0.497 e. The van der Waals surface area contributed by atoms with E-state index in [-0.39, 0.29) is 30.2 Å². The maximum atomic E-state index is 14.8. The first-order valence-corrected chi connectivity index (χ1v) is 12.1. The van der Waals surface area contributed by atoms with Crippen LogP contribution in [0.1, 0.15) is 63.0 Å². The zero-order chi connectivity index (χ0) is 25.9. The summed E-state index contributed by atoms with van der Waals surface area (Å²) >= 11 is 0. The van der Waals surface area contributed by atoms with Gasteiger partial charge in [-0.3, -0.25) is 4.79 Å². The molecule has 1 unspecified atom stereocenters. The Hall–Kier alpha value is -3.55. The van der Waals surface area contributed by atoms with Crippen LogP contribution >= 0.6 is 0 Å². The van der Waals surface area contributed by atoms with Crippen LogP contribution in [0.2, 0.25) is 0 Å².